The van der Waals surface area contributed by atoms with Crippen LogP contribution < -0.4 is 10.6 Å². The predicted molar refractivity (Wildman–Crippen MR) is 102 cm³/mol. The lowest BCUT2D eigenvalue weighted by Gasteiger charge is -2.12. The molecule has 0 aromatic heterocycles. The number of rotatable bonds is 7. The third-order valence-corrected chi connectivity index (χ3v) is 5.48. The van der Waals surface area contributed by atoms with E-state index in [-0.39, 0.29) is 18.1 Å². The first-order valence-corrected chi connectivity index (χ1v) is 10.1. The molecular formula is C19H24FN3O2S. The summed E-state index contributed by atoms with van der Waals surface area (Å²) < 4.78 is 37.9. The largest absolute Gasteiger partial charge is 0.357 e. The van der Waals surface area contributed by atoms with Gasteiger partial charge in [-0.25, -0.2) is 17.8 Å². The molecule has 0 saturated heterocycles. The van der Waals surface area contributed by atoms with Crippen molar-refractivity contribution < 1.29 is 12.8 Å². The second-order valence-electron chi connectivity index (χ2n) is 5.84. The quantitative estimate of drug-likeness (QED) is 0.575. The maximum Gasteiger partial charge on any atom is 0.191 e. The number of benzene rings is 2. The van der Waals surface area contributed by atoms with Crippen molar-refractivity contribution in [3.05, 3.63) is 65.5 Å². The van der Waals surface area contributed by atoms with Crippen molar-refractivity contribution in [2.24, 2.45) is 4.99 Å². The molecule has 0 bridgehead atoms. The van der Waals surface area contributed by atoms with Gasteiger partial charge < -0.3 is 10.6 Å². The minimum absolute atomic E-state index is 0.0307. The van der Waals surface area contributed by atoms with Gasteiger partial charge in [0.05, 0.1) is 17.2 Å². The van der Waals surface area contributed by atoms with Gasteiger partial charge in [-0.3, -0.25) is 0 Å². The van der Waals surface area contributed by atoms with Crippen LogP contribution in [-0.4, -0.2) is 33.2 Å². The molecule has 2 N–H and O–H groups in total. The van der Waals surface area contributed by atoms with Gasteiger partial charge in [0.15, 0.2) is 15.8 Å². The zero-order chi connectivity index (χ0) is 19.0. The molecule has 0 aliphatic rings. The molecule has 0 fully saturated rings. The fourth-order valence-electron chi connectivity index (χ4n) is 2.37. The number of sulfone groups is 1. The van der Waals surface area contributed by atoms with E-state index in [1.54, 1.807) is 49.4 Å². The summed E-state index contributed by atoms with van der Waals surface area (Å²) in [6.07, 6.45) is 0. The molecule has 0 radical (unpaired) electrons. The number of aryl methyl sites for hydroxylation is 1. The van der Waals surface area contributed by atoms with Crippen LogP contribution >= 0.6 is 0 Å². The van der Waals surface area contributed by atoms with Crippen LogP contribution in [0.15, 0.2) is 58.4 Å². The number of guanidine groups is 1. The molecule has 0 saturated carbocycles. The molecule has 140 valence electrons. The zero-order valence-corrected chi connectivity index (χ0v) is 15.8. The van der Waals surface area contributed by atoms with Crippen LogP contribution in [0.4, 0.5) is 4.39 Å². The number of halogens is 1. The Morgan fingerprint density at radius 3 is 2.50 bits per heavy atom. The first-order chi connectivity index (χ1) is 12.4. The summed E-state index contributed by atoms with van der Waals surface area (Å²) in [7, 11) is -3.34. The normalized spacial score (nSPS) is 12.0. The second kappa shape index (κ2) is 9.33. The van der Waals surface area contributed by atoms with Gasteiger partial charge in [-0.05, 0) is 43.2 Å². The van der Waals surface area contributed by atoms with Gasteiger partial charge in [0.2, 0.25) is 0 Å². The molecular weight excluding hydrogens is 353 g/mol. The Morgan fingerprint density at radius 1 is 1.12 bits per heavy atom. The summed E-state index contributed by atoms with van der Waals surface area (Å²) in [4.78, 5) is 4.73. The molecule has 7 heteroatoms. The molecule has 0 aliphatic heterocycles. The summed E-state index contributed by atoms with van der Waals surface area (Å²) in [5.41, 5.74) is 1.46. The Kier molecular flexibility index (Phi) is 7.15. The lowest BCUT2D eigenvalue weighted by Crippen LogP contribution is -2.39. The second-order valence-corrected chi connectivity index (χ2v) is 7.95. The van der Waals surface area contributed by atoms with Gasteiger partial charge in [0.25, 0.3) is 0 Å². The number of nitrogens with one attached hydrogen (secondary N) is 2. The Hall–Kier alpha value is -2.41. The summed E-state index contributed by atoms with van der Waals surface area (Å²) >= 11 is 0. The summed E-state index contributed by atoms with van der Waals surface area (Å²) in [5, 5.41) is 6.10. The molecule has 0 unspecified atom stereocenters. The van der Waals surface area contributed by atoms with Crippen molar-refractivity contribution in [2.45, 2.75) is 25.3 Å². The predicted octanol–water partition coefficient (Wildman–Crippen LogP) is 2.66. The summed E-state index contributed by atoms with van der Waals surface area (Å²) in [6.45, 7) is 4.91. The van der Waals surface area contributed by atoms with E-state index in [1.165, 1.54) is 6.07 Å². The van der Waals surface area contributed by atoms with Gasteiger partial charge in [-0.15, -0.1) is 0 Å². The zero-order valence-electron chi connectivity index (χ0n) is 15.0. The van der Waals surface area contributed by atoms with E-state index >= 15 is 0 Å². The van der Waals surface area contributed by atoms with Crippen molar-refractivity contribution in [1.29, 1.82) is 0 Å². The van der Waals surface area contributed by atoms with Crippen LogP contribution in [-0.2, 0) is 16.4 Å². The van der Waals surface area contributed by atoms with Crippen LogP contribution in [0, 0.1) is 12.7 Å². The monoisotopic (exact) mass is 377 g/mol. The lowest BCUT2D eigenvalue weighted by atomic mass is 10.1. The van der Waals surface area contributed by atoms with Gasteiger partial charge in [-0.2, -0.15) is 0 Å². The number of hydrogen-bond donors (Lipinski definition) is 2. The van der Waals surface area contributed by atoms with E-state index in [9.17, 15) is 12.8 Å². The highest BCUT2D eigenvalue weighted by atomic mass is 32.2. The van der Waals surface area contributed by atoms with Crippen molar-refractivity contribution >= 4 is 15.8 Å². The molecule has 2 rings (SSSR count). The molecule has 2 aromatic carbocycles. The Balaban J connectivity index is 1.96. The molecule has 0 amide bonds. The lowest BCUT2D eigenvalue weighted by molar-refractivity contribution is 0.594. The van der Waals surface area contributed by atoms with Crippen LogP contribution in [0.3, 0.4) is 0 Å². The Bertz CT molecular complexity index is 852. The maximum atomic E-state index is 13.3. The average molecular weight is 377 g/mol. The third-order valence-electron chi connectivity index (χ3n) is 3.75. The van der Waals surface area contributed by atoms with E-state index in [2.05, 4.69) is 15.6 Å². The fourth-order valence-corrected chi connectivity index (χ4v) is 3.55. The van der Waals surface area contributed by atoms with E-state index in [1.807, 2.05) is 6.92 Å². The fraction of sp³-hybridized carbons (Fsp3) is 0.316. The molecule has 0 atom stereocenters. The first-order valence-electron chi connectivity index (χ1n) is 8.47. The van der Waals surface area contributed by atoms with E-state index in [0.717, 1.165) is 5.56 Å². The van der Waals surface area contributed by atoms with Crippen LogP contribution in [0.5, 0.6) is 0 Å². The van der Waals surface area contributed by atoms with Gasteiger partial charge in [0.1, 0.15) is 5.82 Å². The minimum atomic E-state index is -3.34. The summed E-state index contributed by atoms with van der Waals surface area (Å²) in [5.74, 6) is 0.253. The SMILES string of the molecule is CCNC(=NCc1ccc(F)c(C)c1)NCCS(=O)(=O)c1ccccc1. The van der Waals surface area contributed by atoms with Gasteiger partial charge in [-0.1, -0.05) is 30.3 Å². The first kappa shape index (κ1) is 19.9. The average Bonchev–Trinajstić information content (AvgIpc) is 2.63. The van der Waals surface area contributed by atoms with E-state index < -0.39 is 9.84 Å². The highest BCUT2D eigenvalue weighted by molar-refractivity contribution is 7.91. The van der Waals surface area contributed by atoms with Crippen molar-refractivity contribution in [1.82, 2.24) is 10.6 Å². The van der Waals surface area contributed by atoms with Crippen LogP contribution in [0.25, 0.3) is 0 Å². The number of aliphatic imine (C=N–C) groups is 1. The highest BCUT2D eigenvalue weighted by Gasteiger charge is 2.13. The smallest absolute Gasteiger partial charge is 0.191 e. The summed E-state index contributed by atoms with van der Waals surface area (Å²) in [6, 6.07) is 13.2. The number of nitrogens with zero attached hydrogens (tertiary/aromatic N) is 1. The number of hydrogen-bond acceptors (Lipinski definition) is 3. The van der Waals surface area contributed by atoms with E-state index in [4.69, 9.17) is 0 Å². The van der Waals surface area contributed by atoms with E-state index in [0.29, 0.717) is 29.5 Å². The van der Waals surface area contributed by atoms with Crippen molar-refractivity contribution in [2.75, 3.05) is 18.8 Å². The van der Waals surface area contributed by atoms with Crippen molar-refractivity contribution in [3.63, 3.8) is 0 Å². The van der Waals surface area contributed by atoms with Crippen LogP contribution in [0.2, 0.25) is 0 Å². The molecule has 5 nitrogen and oxygen atoms in total. The minimum Gasteiger partial charge on any atom is -0.357 e. The molecule has 2 aromatic rings. The maximum absolute atomic E-state index is 13.3. The van der Waals surface area contributed by atoms with Gasteiger partial charge >= 0.3 is 0 Å². The van der Waals surface area contributed by atoms with Crippen molar-refractivity contribution in [3.8, 4) is 0 Å². The standard InChI is InChI=1S/C19H24FN3O2S/c1-3-21-19(23-14-16-9-10-18(20)15(2)13-16)22-11-12-26(24,25)17-7-5-4-6-8-17/h4-10,13H,3,11-12,14H2,1-2H3,(H2,21,22,23). The highest BCUT2D eigenvalue weighted by Crippen LogP contribution is 2.10. The molecule has 0 aliphatic carbocycles. The Labute approximate surface area is 154 Å². The molecule has 0 spiro atoms. The molecule has 0 heterocycles. The third kappa shape index (κ3) is 5.84. The molecule has 26 heavy (non-hydrogen) atoms. The van der Waals surface area contributed by atoms with Crippen LogP contribution in [0.1, 0.15) is 18.1 Å². The Morgan fingerprint density at radius 2 is 1.85 bits per heavy atom. The topological polar surface area (TPSA) is 70.6 Å². The van der Waals surface area contributed by atoms with Gasteiger partial charge in [0, 0.05) is 13.1 Å².